The Morgan fingerprint density at radius 3 is 2.39 bits per heavy atom. The largest absolute Gasteiger partial charge is 0.497 e. The number of carbonyl (C=O) groups excluding carboxylic acids is 3. The van der Waals surface area contributed by atoms with E-state index in [-0.39, 0.29) is 24.5 Å². The number of barbiturate groups is 1. The predicted molar refractivity (Wildman–Crippen MR) is 144 cm³/mol. The van der Waals surface area contributed by atoms with Gasteiger partial charge in [-0.15, -0.1) is 6.42 Å². The average molecular weight is 551 g/mol. The van der Waals surface area contributed by atoms with Crippen molar-refractivity contribution in [2.24, 2.45) is 0 Å². The lowest BCUT2D eigenvalue weighted by Gasteiger charge is -2.26. The zero-order valence-electron chi connectivity index (χ0n) is 20.0. The number of hydrogen-bond donors (Lipinski definition) is 1. The minimum absolute atomic E-state index is 0.0350. The van der Waals surface area contributed by atoms with Gasteiger partial charge in [-0.25, -0.2) is 9.69 Å². The molecule has 4 amide bonds. The molecule has 0 aliphatic carbocycles. The topological polar surface area (TPSA) is 94.2 Å². The summed E-state index contributed by atoms with van der Waals surface area (Å²) in [6.07, 6.45) is 6.62. The van der Waals surface area contributed by atoms with Crippen molar-refractivity contribution >= 4 is 52.8 Å². The number of halogens is 2. The highest BCUT2D eigenvalue weighted by molar-refractivity contribution is 6.39. The molecule has 0 spiro atoms. The van der Waals surface area contributed by atoms with Gasteiger partial charge < -0.3 is 14.2 Å². The minimum atomic E-state index is -0.877. The van der Waals surface area contributed by atoms with Gasteiger partial charge in [0, 0.05) is 27.2 Å². The quantitative estimate of drug-likeness (QED) is 0.233. The second-order valence-electron chi connectivity index (χ2n) is 7.87. The van der Waals surface area contributed by atoms with Crippen molar-refractivity contribution in [3.63, 3.8) is 0 Å². The van der Waals surface area contributed by atoms with Gasteiger partial charge in [0.1, 0.15) is 36.0 Å². The molecule has 38 heavy (non-hydrogen) atoms. The third-order valence-corrected chi connectivity index (χ3v) is 6.02. The van der Waals surface area contributed by atoms with Gasteiger partial charge in [0.2, 0.25) is 0 Å². The lowest BCUT2D eigenvalue weighted by molar-refractivity contribution is -0.122. The maximum atomic E-state index is 13.3. The van der Waals surface area contributed by atoms with Gasteiger partial charge in [-0.2, -0.15) is 0 Å². The molecule has 0 bridgehead atoms. The van der Waals surface area contributed by atoms with Gasteiger partial charge in [-0.1, -0.05) is 35.2 Å². The Morgan fingerprint density at radius 2 is 1.71 bits per heavy atom. The van der Waals surface area contributed by atoms with Crippen molar-refractivity contribution in [1.29, 1.82) is 0 Å². The number of terminal acetylenes is 1. The minimum Gasteiger partial charge on any atom is -0.497 e. The predicted octanol–water partition coefficient (Wildman–Crippen LogP) is 5.26. The fourth-order valence-electron chi connectivity index (χ4n) is 3.54. The highest BCUT2D eigenvalue weighted by Gasteiger charge is 2.37. The number of urea groups is 1. The molecule has 0 aromatic heterocycles. The molecular weight excluding hydrogens is 531 g/mol. The van der Waals surface area contributed by atoms with Crippen LogP contribution in [0.1, 0.15) is 11.1 Å². The number of amides is 4. The van der Waals surface area contributed by atoms with Crippen LogP contribution in [0.3, 0.4) is 0 Å². The van der Waals surface area contributed by atoms with Crippen LogP contribution in [0, 0.1) is 12.3 Å². The molecule has 0 radical (unpaired) electrons. The summed E-state index contributed by atoms with van der Waals surface area (Å²) < 4.78 is 16.5. The number of hydrogen-bond acceptors (Lipinski definition) is 6. The Kier molecular flexibility index (Phi) is 8.22. The normalized spacial score (nSPS) is 14.2. The van der Waals surface area contributed by atoms with E-state index < -0.39 is 17.8 Å². The first-order chi connectivity index (χ1) is 18.3. The molecule has 8 nitrogen and oxygen atoms in total. The second-order valence-corrected chi connectivity index (χ2v) is 8.72. The van der Waals surface area contributed by atoms with E-state index in [2.05, 4.69) is 11.2 Å². The van der Waals surface area contributed by atoms with Crippen LogP contribution < -0.4 is 24.4 Å². The monoisotopic (exact) mass is 550 g/mol. The molecule has 4 rings (SSSR count). The van der Waals surface area contributed by atoms with Gasteiger partial charge in [0.05, 0.1) is 12.8 Å². The summed E-state index contributed by atoms with van der Waals surface area (Å²) in [6.45, 7) is 0.151. The van der Waals surface area contributed by atoms with Crippen LogP contribution in [0.2, 0.25) is 10.0 Å². The molecule has 1 heterocycles. The van der Waals surface area contributed by atoms with Crippen LogP contribution in [0.15, 0.2) is 66.2 Å². The molecule has 10 heteroatoms. The molecule has 0 saturated carbocycles. The van der Waals surface area contributed by atoms with Crippen LogP contribution >= 0.6 is 23.2 Å². The summed E-state index contributed by atoms with van der Waals surface area (Å²) in [5.74, 6) is 1.99. The summed E-state index contributed by atoms with van der Waals surface area (Å²) in [5, 5.41) is 3.18. The van der Waals surface area contributed by atoms with Crippen molar-refractivity contribution in [3.05, 3.63) is 87.4 Å². The fourth-order valence-corrected chi connectivity index (χ4v) is 4.01. The molecule has 1 N–H and O–H groups in total. The van der Waals surface area contributed by atoms with E-state index in [0.29, 0.717) is 32.9 Å². The van der Waals surface area contributed by atoms with Crippen molar-refractivity contribution in [2.75, 3.05) is 18.6 Å². The van der Waals surface area contributed by atoms with Crippen molar-refractivity contribution in [3.8, 4) is 29.6 Å². The van der Waals surface area contributed by atoms with E-state index >= 15 is 0 Å². The molecule has 1 fully saturated rings. The number of carbonyl (C=O) groups is 3. The molecule has 1 saturated heterocycles. The Balaban J connectivity index is 1.56. The molecule has 0 unspecified atom stereocenters. The van der Waals surface area contributed by atoms with Crippen LogP contribution in [-0.2, 0) is 16.2 Å². The highest BCUT2D eigenvalue weighted by Crippen LogP contribution is 2.30. The van der Waals surface area contributed by atoms with Gasteiger partial charge in [-0.3, -0.25) is 14.9 Å². The Morgan fingerprint density at radius 1 is 0.974 bits per heavy atom. The number of methoxy groups -OCH3 is 1. The third kappa shape index (κ3) is 5.92. The molecular formula is C28H20Cl2N2O6. The molecule has 192 valence electrons. The molecule has 1 aliphatic rings. The van der Waals surface area contributed by atoms with Gasteiger partial charge >= 0.3 is 6.03 Å². The summed E-state index contributed by atoms with van der Waals surface area (Å²) in [7, 11) is 1.49. The number of nitrogens with one attached hydrogen (secondary N) is 1. The smallest absolute Gasteiger partial charge is 0.335 e. The van der Waals surface area contributed by atoms with E-state index in [0.717, 1.165) is 10.5 Å². The summed E-state index contributed by atoms with van der Waals surface area (Å²) in [4.78, 5) is 39.3. The number of ether oxygens (including phenoxy) is 3. The maximum Gasteiger partial charge on any atom is 0.335 e. The summed E-state index contributed by atoms with van der Waals surface area (Å²) in [6, 6.07) is 15.3. The van der Waals surface area contributed by atoms with E-state index in [1.807, 2.05) is 0 Å². The lowest BCUT2D eigenvalue weighted by Crippen LogP contribution is -2.54. The first kappa shape index (κ1) is 26.6. The number of rotatable bonds is 8. The third-order valence-electron chi connectivity index (χ3n) is 5.44. The number of imide groups is 2. The molecule has 1 aliphatic heterocycles. The first-order valence-electron chi connectivity index (χ1n) is 11.1. The van der Waals surface area contributed by atoms with Crippen LogP contribution in [0.25, 0.3) is 6.08 Å². The standard InChI is InChI=1S/C28H20Cl2N2O6/c1-3-12-37-25-15-22(36-2)9-5-17(25)13-23-26(33)31-28(35)32(27(23)34)20-7-10-21(11-8-20)38-16-18-4-6-19(29)14-24(18)30/h1,4-11,13-15H,12,16H2,2H3,(H,31,33,35)/b23-13+. The van der Waals surface area contributed by atoms with Crippen LogP contribution in [0.5, 0.6) is 17.2 Å². The zero-order valence-corrected chi connectivity index (χ0v) is 21.5. The molecule has 3 aromatic rings. The SMILES string of the molecule is C#CCOc1cc(OC)ccc1/C=C1\C(=O)NC(=O)N(c2ccc(OCc3ccc(Cl)cc3Cl)cc2)C1=O. The van der Waals surface area contributed by atoms with Gasteiger partial charge in [-0.05, 0) is 54.6 Å². The van der Waals surface area contributed by atoms with Gasteiger partial charge in [0.15, 0.2) is 0 Å². The Labute approximate surface area is 228 Å². The first-order valence-corrected chi connectivity index (χ1v) is 11.9. The lowest BCUT2D eigenvalue weighted by atomic mass is 10.1. The van der Waals surface area contributed by atoms with Crippen LogP contribution in [-0.4, -0.2) is 31.6 Å². The Bertz CT molecular complexity index is 1480. The number of anilines is 1. The molecule has 0 atom stereocenters. The fraction of sp³-hybridized carbons (Fsp3) is 0.107. The van der Waals surface area contributed by atoms with E-state index in [9.17, 15) is 14.4 Å². The zero-order chi connectivity index (χ0) is 27.2. The summed E-state index contributed by atoms with van der Waals surface area (Å²) >= 11 is 12.1. The molecule has 3 aromatic carbocycles. The van der Waals surface area contributed by atoms with Crippen molar-refractivity contribution in [1.82, 2.24) is 5.32 Å². The number of nitrogens with zero attached hydrogens (tertiary/aromatic N) is 1. The second kappa shape index (κ2) is 11.7. The van der Waals surface area contributed by atoms with Crippen molar-refractivity contribution < 1.29 is 28.6 Å². The van der Waals surface area contributed by atoms with Gasteiger partial charge in [0.25, 0.3) is 11.8 Å². The van der Waals surface area contributed by atoms with Crippen LogP contribution in [0.4, 0.5) is 10.5 Å². The average Bonchev–Trinajstić information content (AvgIpc) is 2.90. The maximum absolute atomic E-state index is 13.3. The number of benzene rings is 3. The summed E-state index contributed by atoms with van der Waals surface area (Å²) in [5.41, 5.74) is 1.11. The van der Waals surface area contributed by atoms with E-state index in [1.165, 1.54) is 25.3 Å². The van der Waals surface area contributed by atoms with Crippen molar-refractivity contribution in [2.45, 2.75) is 6.61 Å². The van der Waals surface area contributed by atoms with E-state index in [1.54, 1.807) is 48.5 Å². The Hall–Kier alpha value is -4.45. The van der Waals surface area contributed by atoms with E-state index in [4.69, 9.17) is 43.8 Å². The highest BCUT2D eigenvalue weighted by atomic mass is 35.5.